The zero-order chi connectivity index (χ0) is 33.1. The van der Waals surface area contributed by atoms with Crippen molar-refractivity contribution in [3.05, 3.63) is 83.3 Å². The maximum Gasteiger partial charge on any atom is 0.272 e. The number of anilines is 1. The van der Waals surface area contributed by atoms with Gasteiger partial charge >= 0.3 is 0 Å². The summed E-state index contributed by atoms with van der Waals surface area (Å²) in [6, 6.07) is 5.55. The summed E-state index contributed by atoms with van der Waals surface area (Å²) >= 11 is 1.28. The number of benzene rings is 1. The first-order valence-corrected chi connectivity index (χ1v) is 17.4. The molecule has 12 nitrogen and oxygen atoms in total. The van der Waals surface area contributed by atoms with Crippen molar-refractivity contribution in [2.45, 2.75) is 81.6 Å². The molecule has 2 atom stereocenters. The SMILES string of the molecule is O=C(NC1CC1)c1ccc(-c2csc(NC(=O)[C@@H]3COC4(CCCCC4)N3C(=O)[C@H](NC(=O)c3cnccn3)C3=CC=CCC3)n2)cc1. The van der Waals surface area contributed by atoms with Crippen LogP contribution < -0.4 is 16.0 Å². The largest absolute Gasteiger partial charge is 0.353 e. The molecule has 4 aliphatic rings. The molecule has 3 N–H and O–H groups in total. The van der Waals surface area contributed by atoms with Crippen LogP contribution >= 0.6 is 11.3 Å². The summed E-state index contributed by atoms with van der Waals surface area (Å²) in [4.78, 5) is 68.7. The van der Waals surface area contributed by atoms with Crippen molar-refractivity contribution in [1.29, 1.82) is 0 Å². The van der Waals surface area contributed by atoms with E-state index in [-0.39, 0.29) is 30.2 Å². The van der Waals surface area contributed by atoms with Crippen LogP contribution in [0.1, 0.15) is 78.6 Å². The van der Waals surface area contributed by atoms with Crippen molar-refractivity contribution in [3.8, 4) is 11.3 Å². The van der Waals surface area contributed by atoms with Crippen LogP contribution in [0.5, 0.6) is 0 Å². The van der Waals surface area contributed by atoms with Gasteiger partial charge in [0.2, 0.25) is 0 Å². The summed E-state index contributed by atoms with van der Waals surface area (Å²) in [5, 5.41) is 11.0. The van der Waals surface area contributed by atoms with Gasteiger partial charge in [-0.15, -0.1) is 11.3 Å². The second kappa shape index (κ2) is 13.8. The third kappa shape index (κ3) is 6.78. The molecule has 3 fully saturated rings. The molecule has 4 amide bonds. The van der Waals surface area contributed by atoms with Gasteiger partial charge in [0.05, 0.1) is 18.5 Å². The number of carbonyl (C=O) groups excluding carboxylic acids is 4. The summed E-state index contributed by atoms with van der Waals surface area (Å²) in [6.45, 7) is 0.0317. The van der Waals surface area contributed by atoms with Gasteiger partial charge in [-0.05, 0) is 69.1 Å². The van der Waals surface area contributed by atoms with E-state index in [1.54, 1.807) is 17.0 Å². The maximum atomic E-state index is 14.7. The van der Waals surface area contributed by atoms with Gasteiger partial charge < -0.3 is 20.7 Å². The highest BCUT2D eigenvalue weighted by atomic mass is 32.1. The lowest BCUT2D eigenvalue weighted by Crippen LogP contribution is -2.61. The molecular formula is C35H37N7O5S. The van der Waals surface area contributed by atoms with Crippen LogP contribution in [-0.4, -0.2) is 73.9 Å². The molecule has 0 unspecified atom stereocenters. The summed E-state index contributed by atoms with van der Waals surface area (Å²) in [5.74, 6) is -1.41. The smallest absolute Gasteiger partial charge is 0.272 e. The normalized spacial score (nSPS) is 20.5. The third-order valence-electron chi connectivity index (χ3n) is 9.26. The average Bonchev–Trinajstić information content (AvgIpc) is 3.70. The summed E-state index contributed by atoms with van der Waals surface area (Å²) in [5.41, 5.74) is 1.96. The molecule has 13 heteroatoms. The Morgan fingerprint density at radius 3 is 2.54 bits per heavy atom. The van der Waals surface area contributed by atoms with Gasteiger partial charge in [0.25, 0.3) is 23.6 Å². The number of nitrogens with zero attached hydrogens (tertiary/aromatic N) is 4. The number of nitrogens with one attached hydrogen (secondary N) is 3. The van der Waals surface area contributed by atoms with Gasteiger partial charge in [0, 0.05) is 34.9 Å². The molecule has 1 spiro atoms. The van der Waals surface area contributed by atoms with Gasteiger partial charge in [0.1, 0.15) is 23.5 Å². The predicted octanol–water partition coefficient (Wildman–Crippen LogP) is 4.39. The van der Waals surface area contributed by atoms with Crippen LogP contribution in [0.15, 0.2) is 72.0 Å². The summed E-state index contributed by atoms with van der Waals surface area (Å²) in [6.07, 6.45) is 17.3. The Balaban J connectivity index is 1.11. The third-order valence-corrected chi connectivity index (χ3v) is 10.0. The van der Waals surface area contributed by atoms with E-state index < -0.39 is 29.6 Å². The van der Waals surface area contributed by atoms with Crippen molar-refractivity contribution in [2.75, 3.05) is 11.9 Å². The molecular weight excluding hydrogens is 630 g/mol. The lowest BCUT2D eigenvalue weighted by atomic mass is 9.88. The Kier molecular flexibility index (Phi) is 9.13. The van der Waals surface area contributed by atoms with Gasteiger partial charge in [-0.2, -0.15) is 0 Å². The first kappa shape index (κ1) is 31.8. The number of aromatic nitrogens is 3. The van der Waals surface area contributed by atoms with E-state index in [4.69, 9.17) is 4.74 Å². The summed E-state index contributed by atoms with van der Waals surface area (Å²) < 4.78 is 6.37. The topological polar surface area (TPSA) is 156 Å². The van der Waals surface area contributed by atoms with E-state index in [1.165, 1.54) is 29.9 Å². The predicted molar refractivity (Wildman–Crippen MR) is 179 cm³/mol. The fourth-order valence-electron chi connectivity index (χ4n) is 6.58. The number of hydrogen-bond donors (Lipinski definition) is 3. The van der Waals surface area contributed by atoms with E-state index in [0.29, 0.717) is 35.7 Å². The Morgan fingerprint density at radius 1 is 1.02 bits per heavy atom. The molecule has 0 bridgehead atoms. The Labute approximate surface area is 282 Å². The minimum Gasteiger partial charge on any atom is -0.353 e. The van der Waals surface area contributed by atoms with Crippen LogP contribution in [-0.2, 0) is 14.3 Å². The van der Waals surface area contributed by atoms with Crippen molar-refractivity contribution >= 4 is 40.1 Å². The van der Waals surface area contributed by atoms with Gasteiger partial charge in [-0.25, -0.2) is 9.97 Å². The molecule has 1 saturated heterocycles. The van der Waals surface area contributed by atoms with E-state index in [1.807, 2.05) is 35.7 Å². The zero-order valence-corrected chi connectivity index (χ0v) is 27.2. The molecule has 2 aromatic heterocycles. The fraction of sp³-hybridized carbons (Fsp3) is 0.400. The quantitative estimate of drug-likeness (QED) is 0.304. The second-order valence-corrected chi connectivity index (χ2v) is 13.5. The summed E-state index contributed by atoms with van der Waals surface area (Å²) in [7, 11) is 0. The van der Waals surface area contributed by atoms with E-state index in [9.17, 15) is 19.2 Å². The van der Waals surface area contributed by atoms with Crippen LogP contribution in [0.4, 0.5) is 5.13 Å². The fourth-order valence-corrected chi connectivity index (χ4v) is 7.30. The van der Waals surface area contributed by atoms with Crippen LogP contribution in [0, 0.1) is 0 Å². The van der Waals surface area contributed by atoms with Crippen molar-refractivity contribution in [2.24, 2.45) is 0 Å². The zero-order valence-electron chi connectivity index (χ0n) is 26.4. The molecule has 48 heavy (non-hydrogen) atoms. The molecule has 1 aliphatic heterocycles. The Bertz CT molecular complexity index is 1750. The highest BCUT2D eigenvalue weighted by Crippen LogP contribution is 2.42. The maximum absolute atomic E-state index is 14.7. The Hall–Kier alpha value is -4.75. The number of thiazole rings is 1. The molecule has 248 valence electrons. The number of ether oxygens (including phenoxy) is 1. The molecule has 3 heterocycles. The number of allylic oxidation sites excluding steroid dienone is 3. The van der Waals surface area contributed by atoms with Crippen molar-refractivity contribution in [1.82, 2.24) is 30.5 Å². The molecule has 3 aromatic rings. The number of amides is 4. The van der Waals surface area contributed by atoms with E-state index in [2.05, 4.69) is 30.9 Å². The Morgan fingerprint density at radius 2 is 1.83 bits per heavy atom. The highest BCUT2D eigenvalue weighted by Gasteiger charge is 2.54. The van der Waals surface area contributed by atoms with E-state index in [0.717, 1.165) is 49.7 Å². The molecule has 3 aliphatic carbocycles. The molecule has 2 saturated carbocycles. The second-order valence-electron chi connectivity index (χ2n) is 12.6. The first-order chi connectivity index (χ1) is 23.4. The van der Waals surface area contributed by atoms with Crippen LogP contribution in [0.25, 0.3) is 11.3 Å². The standard InChI is InChI=1S/C35H37N7O5S/c43-30(38-25-13-14-25)24-11-9-22(10-12-24)27-21-48-34(39-27)41-32(45)28-20-47-35(15-5-2-6-16-35)42(28)33(46)29(23-7-3-1-4-8-23)40-31(44)26-19-36-17-18-37-26/h1,3,7,9-12,17-19,21,25,28-29H,2,4-6,8,13-16,20H2,(H,38,43)(H,40,44)(H,39,41,45)/t28-,29+/m0/s1. The highest BCUT2D eigenvalue weighted by molar-refractivity contribution is 7.14. The van der Waals surface area contributed by atoms with Crippen molar-refractivity contribution in [3.63, 3.8) is 0 Å². The van der Waals surface area contributed by atoms with Gasteiger partial charge in [-0.1, -0.05) is 36.8 Å². The molecule has 1 aromatic carbocycles. The minimum atomic E-state index is -1.01. The van der Waals surface area contributed by atoms with E-state index >= 15 is 0 Å². The molecule has 0 radical (unpaired) electrons. The number of rotatable bonds is 9. The van der Waals surface area contributed by atoms with Gasteiger partial charge in [-0.3, -0.25) is 29.1 Å². The average molecular weight is 668 g/mol. The van der Waals surface area contributed by atoms with Crippen molar-refractivity contribution < 1.29 is 23.9 Å². The number of hydrogen-bond acceptors (Lipinski definition) is 9. The van der Waals surface area contributed by atoms with Crippen LogP contribution in [0.3, 0.4) is 0 Å². The first-order valence-electron chi connectivity index (χ1n) is 16.5. The minimum absolute atomic E-state index is 0.0317. The number of carbonyl (C=O) groups is 4. The molecule has 7 rings (SSSR count). The lowest BCUT2D eigenvalue weighted by Gasteiger charge is -2.43. The monoisotopic (exact) mass is 667 g/mol. The van der Waals surface area contributed by atoms with Gasteiger partial charge in [0.15, 0.2) is 5.13 Å². The van der Waals surface area contributed by atoms with Crippen LogP contribution in [0.2, 0.25) is 0 Å². The lowest BCUT2D eigenvalue weighted by molar-refractivity contribution is -0.160.